The number of hydrogen-bond acceptors (Lipinski definition) is 4. The van der Waals surface area contributed by atoms with Crippen LogP contribution in [0.15, 0.2) is 41.8 Å². The molecule has 0 spiro atoms. The molecule has 7 heteroatoms. The quantitative estimate of drug-likeness (QED) is 0.896. The number of hydrogen-bond donors (Lipinski definition) is 1. The molecule has 2 rings (SSSR count). The van der Waals surface area contributed by atoms with E-state index in [-0.39, 0.29) is 16.3 Å². The molecule has 2 aromatic rings. The number of anilines is 1. The highest BCUT2D eigenvalue weighted by atomic mass is 32.2. The van der Waals surface area contributed by atoms with Crippen LogP contribution in [0.5, 0.6) is 0 Å². The standard InChI is InChI=1S/C11H10N4O2S/c1-15-7-11(13-8-15)18(16,17)14-10-5-3-2-4-9(10)6-12/h2-5,7-8,14H,1H3. The van der Waals surface area contributed by atoms with Crippen molar-refractivity contribution in [1.82, 2.24) is 9.55 Å². The zero-order chi connectivity index (χ0) is 13.2. The highest BCUT2D eigenvalue weighted by molar-refractivity contribution is 7.92. The summed E-state index contributed by atoms with van der Waals surface area (Å²) in [4.78, 5) is 3.77. The lowest BCUT2D eigenvalue weighted by atomic mass is 10.2. The highest BCUT2D eigenvalue weighted by Gasteiger charge is 2.18. The van der Waals surface area contributed by atoms with Crippen molar-refractivity contribution >= 4 is 15.7 Å². The molecular formula is C11H10N4O2S. The van der Waals surface area contributed by atoms with Gasteiger partial charge >= 0.3 is 0 Å². The molecule has 0 aliphatic heterocycles. The third-order valence-electron chi connectivity index (χ3n) is 2.25. The zero-order valence-corrected chi connectivity index (χ0v) is 10.3. The topological polar surface area (TPSA) is 87.8 Å². The van der Waals surface area contributed by atoms with Gasteiger partial charge in [-0.1, -0.05) is 12.1 Å². The van der Waals surface area contributed by atoms with Crippen molar-refractivity contribution in [3.63, 3.8) is 0 Å². The Hall–Kier alpha value is -2.33. The van der Waals surface area contributed by atoms with Crippen LogP contribution in [0.1, 0.15) is 5.56 Å². The minimum Gasteiger partial charge on any atom is -0.339 e. The van der Waals surface area contributed by atoms with Crippen LogP contribution in [0.2, 0.25) is 0 Å². The average Bonchev–Trinajstić information content (AvgIpc) is 2.77. The summed E-state index contributed by atoms with van der Waals surface area (Å²) in [6.45, 7) is 0. The number of nitrogens with zero attached hydrogens (tertiary/aromatic N) is 3. The number of sulfonamides is 1. The van der Waals surface area contributed by atoms with Crippen molar-refractivity contribution in [3.8, 4) is 6.07 Å². The van der Waals surface area contributed by atoms with E-state index in [2.05, 4.69) is 9.71 Å². The maximum Gasteiger partial charge on any atom is 0.280 e. The third kappa shape index (κ3) is 2.33. The van der Waals surface area contributed by atoms with E-state index < -0.39 is 10.0 Å². The van der Waals surface area contributed by atoms with Gasteiger partial charge in [0.25, 0.3) is 10.0 Å². The largest absolute Gasteiger partial charge is 0.339 e. The van der Waals surface area contributed by atoms with Crippen molar-refractivity contribution in [1.29, 1.82) is 5.26 Å². The Labute approximate surface area is 105 Å². The van der Waals surface area contributed by atoms with E-state index in [1.165, 1.54) is 29.2 Å². The molecule has 0 fully saturated rings. The van der Waals surface area contributed by atoms with E-state index in [4.69, 9.17) is 5.26 Å². The lowest BCUT2D eigenvalue weighted by Gasteiger charge is -2.06. The van der Waals surface area contributed by atoms with Gasteiger partial charge in [0.2, 0.25) is 0 Å². The minimum absolute atomic E-state index is 0.0854. The number of rotatable bonds is 3. The minimum atomic E-state index is -3.76. The van der Waals surface area contributed by atoms with Crippen LogP contribution in [0, 0.1) is 11.3 Å². The number of nitrogens with one attached hydrogen (secondary N) is 1. The van der Waals surface area contributed by atoms with Gasteiger partial charge < -0.3 is 4.57 Å². The van der Waals surface area contributed by atoms with Gasteiger partial charge in [0, 0.05) is 13.2 Å². The normalized spacial score (nSPS) is 10.9. The van der Waals surface area contributed by atoms with Crippen LogP contribution in [0.25, 0.3) is 0 Å². The van der Waals surface area contributed by atoms with Crippen molar-refractivity contribution in [2.75, 3.05) is 4.72 Å². The van der Waals surface area contributed by atoms with Crippen LogP contribution in [-0.4, -0.2) is 18.0 Å². The Morgan fingerprint density at radius 2 is 2.11 bits per heavy atom. The van der Waals surface area contributed by atoms with Crippen LogP contribution < -0.4 is 4.72 Å². The van der Waals surface area contributed by atoms with Crippen LogP contribution in [0.4, 0.5) is 5.69 Å². The molecule has 0 atom stereocenters. The summed E-state index contributed by atoms with van der Waals surface area (Å²) in [7, 11) is -2.08. The van der Waals surface area contributed by atoms with E-state index in [0.717, 1.165) is 0 Å². The van der Waals surface area contributed by atoms with E-state index in [9.17, 15) is 8.42 Å². The summed E-state index contributed by atoms with van der Waals surface area (Å²) in [6.07, 6.45) is 2.78. The molecule has 1 aromatic carbocycles. The van der Waals surface area contributed by atoms with E-state index >= 15 is 0 Å². The van der Waals surface area contributed by atoms with Gasteiger partial charge in [-0.05, 0) is 12.1 Å². The molecule has 1 aromatic heterocycles. The molecule has 1 N–H and O–H groups in total. The molecule has 6 nitrogen and oxygen atoms in total. The number of nitriles is 1. The number of benzene rings is 1. The second kappa shape index (κ2) is 4.50. The van der Waals surface area contributed by atoms with Gasteiger partial charge in [0.1, 0.15) is 6.07 Å². The molecule has 0 saturated heterocycles. The molecule has 0 aliphatic rings. The molecule has 0 bridgehead atoms. The van der Waals surface area contributed by atoms with Crippen LogP contribution in [-0.2, 0) is 17.1 Å². The number of aryl methyl sites for hydroxylation is 1. The molecule has 92 valence electrons. The van der Waals surface area contributed by atoms with Crippen molar-refractivity contribution in [3.05, 3.63) is 42.4 Å². The molecule has 0 radical (unpaired) electrons. The zero-order valence-electron chi connectivity index (χ0n) is 9.53. The van der Waals surface area contributed by atoms with Gasteiger partial charge in [0.05, 0.1) is 17.6 Å². The summed E-state index contributed by atoms with van der Waals surface area (Å²) in [5.74, 6) is 0. The first-order valence-electron chi connectivity index (χ1n) is 5.03. The van der Waals surface area contributed by atoms with E-state index in [1.54, 1.807) is 19.2 Å². The molecule has 0 amide bonds. The second-order valence-electron chi connectivity index (χ2n) is 3.64. The Morgan fingerprint density at radius 3 is 2.72 bits per heavy atom. The summed E-state index contributed by atoms with van der Waals surface area (Å²) in [6, 6.07) is 8.30. The lowest BCUT2D eigenvalue weighted by Crippen LogP contribution is -2.14. The fourth-order valence-electron chi connectivity index (χ4n) is 1.39. The number of para-hydroxylation sites is 1. The maximum atomic E-state index is 12.0. The molecular weight excluding hydrogens is 252 g/mol. The van der Waals surface area contributed by atoms with Gasteiger partial charge in [-0.2, -0.15) is 13.7 Å². The smallest absolute Gasteiger partial charge is 0.280 e. The van der Waals surface area contributed by atoms with Crippen molar-refractivity contribution in [2.24, 2.45) is 7.05 Å². The van der Waals surface area contributed by atoms with Crippen LogP contribution in [0.3, 0.4) is 0 Å². The molecule has 0 aliphatic carbocycles. The van der Waals surface area contributed by atoms with Crippen LogP contribution >= 0.6 is 0 Å². The Bertz CT molecular complexity index is 713. The third-order valence-corrected chi connectivity index (χ3v) is 3.50. The molecule has 18 heavy (non-hydrogen) atoms. The Balaban J connectivity index is 2.37. The average molecular weight is 262 g/mol. The van der Waals surface area contributed by atoms with Crippen molar-refractivity contribution < 1.29 is 8.42 Å². The predicted molar refractivity (Wildman–Crippen MR) is 65.2 cm³/mol. The number of imidazole rings is 1. The summed E-state index contributed by atoms with van der Waals surface area (Å²) < 4.78 is 27.8. The monoisotopic (exact) mass is 262 g/mol. The molecule has 0 saturated carbocycles. The SMILES string of the molecule is Cn1cnc(S(=O)(=O)Nc2ccccc2C#N)c1. The first-order valence-corrected chi connectivity index (χ1v) is 6.51. The predicted octanol–water partition coefficient (Wildman–Crippen LogP) is 1.09. The maximum absolute atomic E-state index is 12.0. The number of aromatic nitrogens is 2. The van der Waals surface area contributed by atoms with Gasteiger partial charge in [-0.15, -0.1) is 0 Å². The fraction of sp³-hybridized carbons (Fsp3) is 0.0909. The van der Waals surface area contributed by atoms with E-state index in [1.807, 2.05) is 6.07 Å². The van der Waals surface area contributed by atoms with E-state index in [0.29, 0.717) is 0 Å². The highest BCUT2D eigenvalue weighted by Crippen LogP contribution is 2.18. The summed E-state index contributed by atoms with van der Waals surface area (Å²) in [5, 5.41) is 8.80. The molecule has 1 heterocycles. The Morgan fingerprint density at radius 1 is 1.39 bits per heavy atom. The fourth-order valence-corrected chi connectivity index (χ4v) is 2.46. The second-order valence-corrected chi connectivity index (χ2v) is 5.27. The van der Waals surface area contributed by atoms with Gasteiger partial charge in [0.15, 0.2) is 5.03 Å². The van der Waals surface area contributed by atoms with Crippen molar-refractivity contribution in [2.45, 2.75) is 5.03 Å². The first kappa shape index (κ1) is 12.1. The summed E-state index contributed by atoms with van der Waals surface area (Å²) >= 11 is 0. The summed E-state index contributed by atoms with van der Waals surface area (Å²) in [5.41, 5.74) is 0.502. The lowest BCUT2D eigenvalue weighted by molar-refractivity contribution is 0.598. The van der Waals surface area contributed by atoms with Gasteiger partial charge in [-0.25, -0.2) is 4.98 Å². The first-order chi connectivity index (χ1) is 8.53. The Kier molecular flexibility index (Phi) is 3.04. The molecule has 0 unspecified atom stereocenters. The van der Waals surface area contributed by atoms with Gasteiger partial charge in [-0.3, -0.25) is 4.72 Å².